The Kier molecular flexibility index (Phi) is 4.52. The van der Waals surface area contributed by atoms with Crippen LogP contribution in [-0.4, -0.2) is 33.7 Å². The summed E-state index contributed by atoms with van der Waals surface area (Å²) in [6, 6.07) is 14.1. The van der Waals surface area contributed by atoms with E-state index in [1.807, 2.05) is 55.5 Å². The first-order chi connectivity index (χ1) is 13.5. The van der Waals surface area contributed by atoms with Gasteiger partial charge in [-0.05, 0) is 42.8 Å². The average molecular weight is 377 g/mol. The molecule has 28 heavy (non-hydrogen) atoms. The molecule has 1 aromatic heterocycles. The van der Waals surface area contributed by atoms with Gasteiger partial charge < -0.3 is 10.1 Å². The molecule has 0 saturated carbocycles. The number of ether oxygens (including phenoxy) is 1. The molecule has 2 heterocycles. The zero-order valence-electron chi connectivity index (χ0n) is 15.5. The van der Waals surface area contributed by atoms with Crippen LogP contribution in [-0.2, 0) is 9.59 Å². The van der Waals surface area contributed by atoms with Gasteiger partial charge in [-0.1, -0.05) is 18.2 Å². The Morgan fingerprint density at radius 1 is 1.21 bits per heavy atom. The number of methoxy groups -OCH3 is 1. The van der Waals surface area contributed by atoms with Crippen molar-refractivity contribution in [2.24, 2.45) is 0 Å². The lowest BCUT2D eigenvalue weighted by atomic mass is 10.1. The Balaban J connectivity index is 1.52. The zero-order chi connectivity index (χ0) is 19.7. The molecule has 2 amide bonds. The fourth-order valence-corrected chi connectivity index (χ4v) is 3.06. The van der Waals surface area contributed by atoms with Gasteiger partial charge >= 0.3 is 0 Å². The Bertz CT molecular complexity index is 1040. The third kappa shape index (κ3) is 3.32. The minimum atomic E-state index is -0.737. The summed E-state index contributed by atoms with van der Waals surface area (Å²) in [7, 11) is 1.60. The van der Waals surface area contributed by atoms with E-state index in [0.717, 1.165) is 22.6 Å². The Morgan fingerprint density at radius 2 is 1.96 bits per heavy atom. The molecule has 1 atom stereocenters. The number of aryl methyl sites for hydroxylation is 1. The average Bonchev–Trinajstić information content (AvgIpc) is 3.22. The number of carbonyl (C=O) groups excluding carboxylic acids is 2. The number of aromatic nitrogens is 3. The van der Waals surface area contributed by atoms with E-state index in [1.54, 1.807) is 7.11 Å². The summed E-state index contributed by atoms with van der Waals surface area (Å²) in [6.45, 7) is 1.91. The van der Waals surface area contributed by atoms with E-state index in [2.05, 4.69) is 20.7 Å². The maximum absolute atomic E-state index is 12.5. The highest BCUT2D eigenvalue weighted by molar-refractivity contribution is 6.01. The smallest absolute Gasteiger partial charge is 0.252 e. The lowest BCUT2D eigenvalue weighted by Gasteiger charge is -2.11. The van der Waals surface area contributed by atoms with Crippen molar-refractivity contribution in [2.75, 3.05) is 17.7 Å². The van der Waals surface area contributed by atoms with Gasteiger partial charge in [-0.2, -0.15) is 4.98 Å². The molecule has 8 nitrogen and oxygen atoms in total. The number of para-hydroxylation sites is 1. The Hall–Kier alpha value is -3.68. The summed E-state index contributed by atoms with van der Waals surface area (Å²) in [4.78, 5) is 29.1. The van der Waals surface area contributed by atoms with E-state index in [0.29, 0.717) is 11.8 Å². The molecule has 2 N–H and O–H groups in total. The Morgan fingerprint density at radius 3 is 2.68 bits per heavy atom. The third-order valence-electron chi connectivity index (χ3n) is 4.61. The third-order valence-corrected chi connectivity index (χ3v) is 4.61. The minimum Gasteiger partial charge on any atom is -0.497 e. The topological polar surface area (TPSA) is 98.1 Å². The summed E-state index contributed by atoms with van der Waals surface area (Å²) >= 11 is 0. The van der Waals surface area contributed by atoms with E-state index in [1.165, 1.54) is 4.68 Å². The molecule has 3 aromatic rings. The number of nitrogens with one attached hydrogen (secondary N) is 2. The number of benzene rings is 2. The van der Waals surface area contributed by atoms with Crippen molar-refractivity contribution in [3.8, 4) is 17.1 Å². The van der Waals surface area contributed by atoms with E-state index in [4.69, 9.17) is 4.74 Å². The van der Waals surface area contributed by atoms with Crippen molar-refractivity contribution in [1.82, 2.24) is 14.8 Å². The minimum absolute atomic E-state index is 0.0292. The standard InChI is InChI=1S/C20H19N5O3/c1-12-5-3-4-6-15(12)21-17(26)11-16-19(27)23-20-22-18(24-25(16)20)13-7-9-14(28-2)10-8-13/h3-10,16H,11H2,1-2H3,(H,21,26)(H,22,23,24,27)/t16-/m1/s1. The van der Waals surface area contributed by atoms with Gasteiger partial charge in [0.05, 0.1) is 13.5 Å². The lowest BCUT2D eigenvalue weighted by molar-refractivity contribution is -0.123. The van der Waals surface area contributed by atoms with Gasteiger partial charge in [0.2, 0.25) is 11.9 Å². The van der Waals surface area contributed by atoms with Crippen molar-refractivity contribution >= 4 is 23.5 Å². The van der Waals surface area contributed by atoms with Crippen LogP contribution < -0.4 is 15.4 Å². The number of hydrogen-bond donors (Lipinski definition) is 2. The summed E-state index contributed by atoms with van der Waals surface area (Å²) in [5, 5.41) is 9.96. The predicted octanol–water partition coefficient (Wildman–Crippen LogP) is 2.78. The zero-order valence-corrected chi connectivity index (χ0v) is 15.5. The predicted molar refractivity (Wildman–Crippen MR) is 104 cm³/mol. The molecule has 0 spiro atoms. The lowest BCUT2D eigenvalue weighted by Crippen LogP contribution is -2.24. The molecule has 0 bridgehead atoms. The molecule has 8 heteroatoms. The number of rotatable bonds is 5. The van der Waals surface area contributed by atoms with Crippen molar-refractivity contribution in [1.29, 1.82) is 0 Å². The van der Waals surface area contributed by atoms with Gasteiger partial charge in [0.15, 0.2) is 5.82 Å². The highest BCUT2D eigenvalue weighted by Crippen LogP contribution is 2.29. The molecule has 1 aliphatic heterocycles. The first kappa shape index (κ1) is 17.7. The summed E-state index contributed by atoms with van der Waals surface area (Å²) in [5.74, 6) is 0.987. The monoisotopic (exact) mass is 377 g/mol. The van der Waals surface area contributed by atoms with Gasteiger partial charge in [0.25, 0.3) is 5.91 Å². The quantitative estimate of drug-likeness (QED) is 0.712. The normalized spacial score (nSPS) is 15.1. The number of amides is 2. The first-order valence-corrected chi connectivity index (χ1v) is 8.82. The number of fused-ring (bicyclic) bond motifs is 1. The second-order valence-electron chi connectivity index (χ2n) is 6.50. The molecular weight excluding hydrogens is 358 g/mol. The van der Waals surface area contributed by atoms with E-state index in [9.17, 15) is 9.59 Å². The summed E-state index contributed by atoms with van der Waals surface area (Å²) in [5.41, 5.74) is 2.47. The molecule has 0 radical (unpaired) electrons. The van der Waals surface area contributed by atoms with E-state index >= 15 is 0 Å². The van der Waals surface area contributed by atoms with Crippen LogP contribution in [0.15, 0.2) is 48.5 Å². The van der Waals surface area contributed by atoms with Crippen LogP contribution in [0.25, 0.3) is 11.4 Å². The van der Waals surface area contributed by atoms with Gasteiger partial charge in [0.1, 0.15) is 11.8 Å². The van der Waals surface area contributed by atoms with Gasteiger partial charge in [-0.3, -0.25) is 14.9 Å². The highest BCUT2D eigenvalue weighted by atomic mass is 16.5. The van der Waals surface area contributed by atoms with Crippen LogP contribution >= 0.6 is 0 Å². The van der Waals surface area contributed by atoms with Crippen molar-refractivity contribution in [3.05, 3.63) is 54.1 Å². The van der Waals surface area contributed by atoms with Gasteiger partial charge in [-0.25, -0.2) is 4.68 Å². The molecule has 1 aliphatic rings. The number of carbonyl (C=O) groups is 2. The summed E-state index contributed by atoms with van der Waals surface area (Å²) < 4.78 is 6.62. The van der Waals surface area contributed by atoms with Crippen molar-refractivity contribution < 1.29 is 14.3 Å². The molecule has 0 unspecified atom stereocenters. The van der Waals surface area contributed by atoms with Crippen LogP contribution in [0.5, 0.6) is 5.75 Å². The highest BCUT2D eigenvalue weighted by Gasteiger charge is 2.35. The molecule has 142 valence electrons. The van der Waals surface area contributed by atoms with Crippen LogP contribution in [0.4, 0.5) is 11.6 Å². The fourth-order valence-electron chi connectivity index (χ4n) is 3.06. The largest absolute Gasteiger partial charge is 0.497 e. The SMILES string of the molecule is COc1ccc(-c2nc3n(n2)[C@H](CC(=O)Nc2ccccc2C)C(=O)N3)cc1. The van der Waals surface area contributed by atoms with Crippen LogP contribution in [0.1, 0.15) is 18.0 Å². The number of hydrogen-bond acceptors (Lipinski definition) is 5. The Labute approximate surface area is 161 Å². The van der Waals surface area contributed by atoms with E-state index in [-0.39, 0.29) is 18.2 Å². The molecule has 0 saturated heterocycles. The second-order valence-corrected chi connectivity index (χ2v) is 6.50. The fraction of sp³-hybridized carbons (Fsp3) is 0.200. The summed E-state index contributed by atoms with van der Waals surface area (Å²) in [6.07, 6.45) is -0.0292. The van der Waals surface area contributed by atoms with E-state index < -0.39 is 6.04 Å². The van der Waals surface area contributed by atoms with Gasteiger partial charge in [-0.15, -0.1) is 5.10 Å². The number of nitrogens with zero attached hydrogens (tertiary/aromatic N) is 3. The first-order valence-electron chi connectivity index (χ1n) is 8.82. The van der Waals surface area contributed by atoms with Crippen LogP contribution in [0.3, 0.4) is 0 Å². The van der Waals surface area contributed by atoms with Crippen LogP contribution in [0, 0.1) is 6.92 Å². The van der Waals surface area contributed by atoms with Crippen molar-refractivity contribution in [3.63, 3.8) is 0 Å². The van der Waals surface area contributed by atoms with Crippen molar-refractivity contribution in [2.45, 2.75) is 19.4 Å². The maximum atomic E-state index is 12.5. The number of anilines is 2. The molecule has 2 aromatic carbocycles. The maximum Gasteiger partial charge on any atom is 0.252 e. The molecule has 4 rings (SSSR count). The molecule has 0 aliphatic carbocycles. The second kappa shape index (κ2) is 7.15. The van der Waals surface area contributed by atoms with Gasteiger partial charge in [0, 0.05) is 11.3 Å². The van der Waals surface area contributed by atoms with Crippen LogP contribution in [0.2, 0.25) is 0 Å². The molecular formula is C20H19N5O3. The molecule has 0 fully saturated rings.